The minimum absolute atomic E-state index is 0.218. The monoisotopic (exact) mass is 379 g/mol. The van der Waals surface area contributed by atoms with Crippen LogP contribution >= 0.6 is 0 Å². The maximum absolute atomic E-state index is 15.1. The fourth-order valence-electron chi connectivity index (χ4n) is 3.61. The Bertz CT molecular complexity index is 1000. The number of nitrogens with zero attached hydrogens (tertiary/aromatic N) is 1. The van der Waals surface area contributed by atoms with E-state index in [-0.39, 0.29) is 5.39 Å². The molecule has 2 saturated heterocycles. The number of carbonyl (C=O) groups is 1. The molecule has 0 bridgehead atoms. The predicted molar refractivity (Wildman–Crippen MR) is 94.7 cm³/mol. The normalized spacial score (nSPS) is 22.1. The second-order valence-corrected chi connectivity index (χ2v) is 8.31. The van der Waals surface area contributed by atoms with Crippen LogP contribution in [0.5, 0.6) is 5.75 Å². The molecule has 26 heavy (non-hydrogen) atoms. The molecule has 0 spiro atoms. The van der Waals surface area contributed by atoms with E-state index in [4.69, 9.17) is 0 Å². The number of amides is 1. The number of halogens is 1. The van der Waals surface area contributed by atoms with Crippen molar-refractivity contribution in [2.45, 2.75) is 12.8 Å². The van der Waals surface area contributed by atoms with Gasteiger partial charge in [-0.1, -0.05) is 12.1 Å². The number of benzene rings is 2. The summed E-state index contributed by atoms with van der Waals surface area (Å²) in [4.78, 5) is 11.4. The van der Waals surface area contributed by atoms with Crippen molar-refractivity contribution >= 4 is 32.6 Å². The molecule has 4 rings (SSSR count). The highest BCUT2D eigenvalue weighted by molar-refractivity contribution is 7.92. The second kappa shape index (κ2) is 6.10. The van der Waals surface area contributed by atoms with Crippen LogP contribution in [0.3, 0.4) is 0 Å². The molecule has 1 unspecified atom stereocenters. The molecule has 2 aliphatic rings. The standard InChI is InChI=1S/C17H18FN3O4S/c18-16-13-6-10(5-11-3-4-19-8-11)1-2-12(13)7-14(22)17(16)21-9-15(23)20-26(21,24)25/h1-2,6-7,11,19,22H,3-5,8-9H2,(H,20,23). The third-order valence-electron chi connectivity index (χ3n) is 4.85. The lowest BCUT2D eigenvalue weighted by atomic mass is 9.96. The van der Waals surface area contributed by atoms with Crippen LogP contribution in [0.2, 0.25) is 0 Å². The number of hydrogen-bond acceptors (Lipinski definition) is 5. The Balaban J connectivity index is 1.80. The molecule has 7 nitrogen and oxygen atoms in total. The van der Waals surface area contributed by atoms with Crippen molar-refractivity contribution in [3.63, 3.8) is 0 Å². The summed E-state index contributed by atoms with van der Waals surface area (Å²) in [5, 5.41) is 14.1. The molecule has 1 amide bonds. The molecule has 0 aromatic heterocycles. The molecule has 9 heteroatoms. The fraction of sp³-hybridized carbons (Fsp3) is 0.353. The smallest absolute Gasteiger partial charge is 0.326 e. The fourth-order valence-corrected chi connectivity index (χ4v) is 4.77. The second-order valence-electron chi connectivity index (χ2n) is 6.71. The van der Waals surface area contributed by atoms with Crippen molar-refractivity contribution in [2.75, 3.05) is 23.9 Å². The number of hydrogen-bond donors (Lipinski definition) is 3. The van der Waals surface area contributed by atoms with Gasteiger partial charge in [0.25, 0.3) is 5.91 Å². The van der Waals surface area contributed by atoms with E-state index in [1.54, 1.807) is 16.9 Å². The largest absolute Gasteiger partial charge is 0.506 e. The minimum atomic E-state index is -4.21. The highest BCUT2D eigenvalue weighted by atomic mass is 32.2. The molecule has 3 N–H and O–H groups in total. The molecular weight excluding hydrogens is 361 g/mol. The van der Waals surface area contributed by atoms with Crippen LogP contribution in [-0.4, -0.2) is 39.1 Å². The van der Waals surface area contributed by atoms with Gasteiger partial charge in [0.2, 0.25) is 0 Å². The lowest BCUT2D eigenvalue weighted by Crippen LogP contribution is -2.30. The summed E-state index contributed by atoms with van der Waals surface area (Å²) >= 11 is 0. The van der Waals surface area contributed by atoms with Gasteiger partial charge in [0, 0.05) is 5.39 Å². The van der Waals surface area contributed by atoms with E-state index in [0.717, 1.165) is 31.5 Å². The summed E-state index contributed by atoms with van der Waals surface area (Å²) in [6.07, 6.45) is 1.85. The Morgan fingerprint density at radius 2 is 2.12 bits per heavy atom. The first kappa shape index (κ1) is 17.0. The zero-order chi connectivity index (χ0) is 18.5. The number of aromatic hydroxyl groups is 1. The van der Waals surface area contributed by atoms with Crippen LogP contribution in [0.1, 0.15) is 12.0 Å². The van der Waals surface area contributed by atoms with E-state index in [9.17, 15) is 18.3 Å². The molecule has 0 radical (unpaired) electrons. The van der Waals surface area contributed by atoms with Gasteiger partial charge >= 0.3 is 10.2 Å². The van der Waals surface area contributed by atoms with Gasteiger partial charge in [0.1, 0.15) is 18.0 Å². The Labute approximate surface area is 150 Å². The van der Waals surface area contributed by atoms with Gasteiger partial charge in [-0.05, 0) is 54.9 Å². The van der Waals surface area contributed by atoms with E-state index in [0.29, 0.717) is 15.6 Å². The first-order valence-electron chi connectivity index (χ1n) is 8.33. The third kappa shape index (κ3) is 2.86. The molecule has 2 aromatic carbocycles. The molecule has 2 aromatic rings. The van der Waals surface area contributed by atoms with Gasteiger partial charge in [-0.15, -0.1) is 0 Å². The quantitative estimate of drug-likeness (QED) is 0.740. The van der Waals surface area contributed by atoms with Crippen molar-refractivity contribution in [3.8, 4) is 5.75 Å². The molecule has 138 valence electrons. The van der Waals surface area contributed by atoms with Gasteiger partial charge in [-0.2, -0.15) is 8.42 Å². The number of rotatable bonds is 3. The summed E-state index contributed by atoms with van der Waals surface area (Å²) in [7, 11) is -4.21. The Hall–Kier alpha value is -2.39. The molecule has 2 aliphatic heterocycles. The van der Waals surface area contributed by atoms with Crippen molar-refractivity contribution in [1.29, 1.82) is 0 Å². The molecule has 0 aliphatic carbocycles. The summed E-state index contributed by atoms with van der Waals surface area (Å²) in [5.74, 6) is -1.67. The lowest BCUT2D eigenvalue weighted by molar-refractivity contribution is -0.117. The highest BCUT2D eigenvalue weighted by Crippen LogP contribution is 2.38. The number of fused-ring (bicyclic) bond motifs is 1. The van der Waals surface area contributed by atoms with E-state index in [1.807, 2.05) is 6.07 Å². The SMILES string of the molecule is O=C1CN(c2c(O)cc3ccc(CC4CCNC4)cc3c2F)S(=O)(=O)N1. The van der Waals surface area contributed by atoms with Crippen LogP contribution in [0.15, 0.2) is 24.3 Å². The average molecular weight is 379 g/mol. The minimum Gasteiger partial charge on any atom is -0.506 e. The molecule has 0 saturated carbocycles. The van der Waals surface area contributed by atoms with Crippen LogP contribution in [0.4, 0.5) is 10.1 Å². The summed E-state index contributed by atoms with van der Waals surface area (Å²) in [6, 6.07) is 6.59. The van der Waals surface area contributed by atoms with Gasteiger partial charge in [-0.3, -0.25) is 4.79 Å². The van der Waals surface area contributed by atoms with Gasteiger partial charge < -0.3 is 10.4 Å². The van der Waals surface area contributed by atoms with Crippen LogP contribution in [0, 0.1) is 11.7 Å². The van der Waals surface area contributed by atoms with E-state index in [2.05, 4.69) is 5.32 Å². The molecule has 1 atom stereocenters. The van der Waals surface area contributed by atoms with Gasteiger partial charge in [0.15, 0.2) is 5.82 Å². The van der Waals surface area contributed by atoms with Crippen LogP contribution < -0.4 is 14.3 Å². The van der Waals surface area contributed by atoms with E-state index in [1.165, 1.54) is 6.07 Å². The maximum atomic E-state index is 15.1. The third-order valence-corrected chi connectivity index (χ3v) is 6.23. The van der Waals surface area contributed by atoms with E-state index >= 15 is 4.39 Å². The lowest BCUT2D eigenvalue weighted by Gasteiger charge is -2.18. The Morgan fingerprint density at radius 3 is 2.77 bits per heavy atom. The van der Waals surface area contributed by atoms with Crippen molar-refractivity contribution < 1.29 is 22.7 Å². The average Bonchev–Trinajstić information content (AvgIpc) is 3.15. The van der Waals surface area contributed by atoms with Crippen LogP contribution in [0.25, 0.3) is 10.8 Å². The summed E-state index contributed by atoms with van der Waals surface area (Å²) in [6.45, 7) is 1.32. The summed E-state index contributed by atoms with van der Waals surface area (Å²) < 4.78 is 41.5. The Kier molecular flexibility index (Phi) is 4.00. The number of phenolic OH excluding ortho intramolecular Hbond substituents is 1. The molecule has 2 fully saturated rings. The van der Waals surface area contributed by atoms with E-state index < -0.39 is 39.9 Å². The number of carbonyl (C=O) groups excluding carboxylic acids is 1. The predicted octanol–water partition coefficient (Wildman–Crippen LogP) is 1.02. The molecular formula is C17H18FN3O4S. The molecule has 2 heterocycles. The van der Waals surface area contributed by atoms with Crippen molar-refractivity contribution in [2.24, 2.45) is 5.92 Å². The summed E-state index contributed by atoms with van der Waals surface area (Å²) in [5.41, 5.74) is 0.441. The number of nitrogens with one attached hydrogen (secondary N) is 2. The zero-order valence-electron chi connectivity index (χ0n) is 13.8. The number of anilines is 1. The maximum Gasteiger partial charge on any atom is 0.326 e. The topological polar surface area (TPSA) is 98.7 Å². The Morgan fingerprint density at radius 1 is 1.31 bits per heavy atom. The highest BCUT2D eigenvalue weighted by Gasteiger charge is 2.37. The van der Waals surface area contributed by atoms with Gasteiger partial charge in [0.05, 0.1) is 0 Å². The van der Waals surface area contributed by atoms with Crippen molar-refractivity contribution in [3.05, 3.63) is 35.6 Å². The zero-order valence-corrected chi connectivity index (χ0v) is 14.6. The number of phenols is 1. The first-order valence-corrected chi connectivity index (χ1v) is 9.77. The van der Waals surface area contributed by atoms with Crippen LogP contribution in [-0.2, 0) is 21.4 Å². The first-order chi connectivity index (χ1) is 12.3. The van der Waals surface area contributed by atoms with Gasteiger partial charge in [-0.25, -0.2) is 13.4 Å². The van der Waals surface area contributed by atoms with Crippen molar-refractivity contribution in [1.82, 2.24) is 10.0 Å².